The molecule has 132 valence electrons. The van der Waals surface area contributed by atoms with Crippen molar-refractivity contribution in [2.75, 3.05) is 23.9 Å². The van der Waals surface area contributed by atoms with Gasteiger partial charge in [0.05, 0.1) is 12.8 Å². The number of anilines is 2. The quantitative estimate of drug-likeness (QED) is 0.818. The van der Waals surface area contributed by atoms with E-state index in [1.165, 1.54) is 4.88 Å². The zero-order chi connectivity index (χ0) is 17.6. The monoisotopic (exact) mass is 358 g/mol. The molecule has 1 aliphatic rings. The van der Waals surface area contributed by atoms with Crippen molar-refractivity contribution in [3.63, 3.8) is 0 Å². The maximum Gasteiger partial charge on any atom is 0.227 e. The van der Waals surface area contributed by atoms with Crippen LogP contribution in [0.3, 0.4) is 0 Å². The Morgan fingerprint density at radius 1 is 1.36 bits per heavy atom. The van der Waals surface area contributed by atoms with Crippen LogP contribution in [0.15, 0.2) is 35.7 Å². The molecule has 0 spiro atoms. The molecule has 3 rings (SSSR count). The Labute approximate surface area is 151 Å². The summed E-state index contributed by atoms with van der Waals surface area (Å²) in [6, 6.07) is 9.55. The van der Waals surface area contributed by atoms with Crippen LogP contribution in [-0.4, -0.2) is 25.5 Å². The van der Waals surface area contributed by atoms with E-state index in [9.17, 15) is 9.59 Å². The van der Waals surface area contributed by atoms with Crippen molar-refractivity contribution in [3.05, 3.63) is 40.6 Å². The van der Waals surface area contributed by atoms with E-state index in [1.54, 1.807) is 29.4 Å². The molecule has 0 saturated carbocycles. The second-order valence-electron chi connectivity index (χ2n) is 6.02. The highest BCUT2D eigenvalue weighted by molar-refractivity contribution is 7.09. The lowest BCUT2D eigenvalue weighted by molar-refractivity contribution is -0.117. The first-order valence-electron chi connectivity index (χ1n) is 8.48. The summed E-state index contributed by atoms with van der Waals surface area (Å²) in [5, 5.41) is 4.96. The SMILES string of the molecule is COc1cc(NC(=O)CCCc2cccs2)ccc1N1CCCC1=O. The number of methoxy groups -OCH3 is 1. The minimum Gasteiger partial charge on any atom is -0.494 e. The molecule has 2 aromatic rings. The van der Waals surface area contributed by atoms with Crippen LogP contribution in [0.25, 0.3) is 0 Å². The summed E-state index contributed by atoms with van der Waals surface area (Å²) < 4.78 is 5.41. The third-order valence-corrected chi connectivity index (χ3v) is 5.17. The zero-order valence-corrected chi connectivity index (χ0v) is 15.1. The predicted octanol–water partition coefficient (Wildman–Crippen LogP) is 3.84. The van der Waals surface area contributed by atoms with Gasteiger partial charge in [-0.05, 0) is 42.8 Å². The number of ether oxygens (including phenoxy) is 1. The average molecular weight is 358 g/mol. The molecule has 1 saturated heterocycles. The van der Waals surface area contributed by atoms with Gasteiger partial charge in [-0.2, -0.15) is 0 Å². The smallest absolute Gasteiger partial charge is 0.227 e. The van der Waals surface area contributed by atoms with Crippen LogP contribution in [-0.2, 0) is 16.0 Å². The molecule has 5 nitrogen and oxygen atoms in total. The molecular formula is C19H22N2O3S. The van der Waals surface area contributed by atoms with Crippen molar-refractivity contribution in [2.24, 2.45) is 0 Å². The topological polar surface area (TPSA) is 58.6 Å². The average Bonchev–Trinajstić information content (AvgIpc) is 3.26. The number of nitrogens with zero attached hydrogens (tertiary/aromatic N) is 1. The molecule has 0 atom stereocenters. The minimum absolute atomic E-state index is 0.0105. The molecule has 0 aliphatic carbocycles. The molecule has 2 amide bonds. The Balaban J connectivity index is 1.58. The number of nitrogens with one attached hydrogen (secondary N) is 1. The van der Waals surface area contributed by atoms with E-state index in [0.29, 0.717) is 30.8 Å². The first kappa shape index (κ1) is 17.5. The largest absolute Gasteiger partial charge is 0.494 e. The van der Waals surface area contributed by atoms with E-state index in [-0.39, 0.29) is 11.8 Å². The van der Waals surface area contributed by atoms with E-state index in [2.05, 4.69) is 11.4 Å². The van der Waals surface area contributed by atoms with E-state index in [4.69, 9.17) is 4.74 Å². The van der Waals surface area contributed by atoms with E-state index in [1.807, 2.05) is 23.6 Å². The maximum absolute atomic E-state index is 12.1. The number of carbonyl (C=O) groups is 2. The second kappa shape index (κ2) is 8.16. The first-order chi connectivity index (χ1) is 12.2. The van der Waals surface area contributed by atoms with Gasteiger partial charge >= 0.3 is 0 Å². The lowest BCUT2D eigenvalue weighted by Gasteiger charge is -2.19. The van der Waals surface area contributed by atoms with Gasteiger partial charge in [-0.15, -0.1) is 11.3 Å². The van der Waals surface area contributed by atoms with Gasteiger partial charge in [0, 0.05) is 36.0 Å². The van der Waals surface area contributed by atoms with Gasteiger partial charge in [-0.3, -0.25) is 9.59 Å². The highest BCUT2D eigenvalue weighted by Crippen LogP contribution is 2.33. The number of hydrogen-bond acceptors (Lipinski definition) is 4. The summed E-state index contributed by atoms with van der Waals surface area (Å²) in [4.78, 5) is 27.1. The highest BCUT2D eigenvalue weighted by atomic mass is 32.1. The number of rotatable bonds is 7. The van der Waals surface area contributed by atoms with Crippen LogP contribution in [0.1, 0.15) is 30.6 Å². The molecule has 1 aliphatic heterocycles. The van der Waals surface area contributed by atoms with Gasteiger partial charge in [0.15, 0.2) is 0 Å². The molecule has 1 aromatic heterocycles. The molecule has 1 N–H and O–H groups in total. The minimum atomic E-state index is -0.0105. The van der Waals surface area contributed by atoms with Crippen LogP contribution in [0.2, 0.25) is 0 Å². The lowest BCUT2D eigenvalue weighted by Crippen LogP contribution is -2.24. The standard InChI is InChI=1S/C19H22N2O3S/c1-24-17-13-14(9-10-16(17)21-11-3-8-19(21)23)20-18(22)7-2-5-15-6-4-12-25-15/h4,6,9-10,12-13H,2-3,5,7-8,11H2,1H3,(H,20,22). The Morgan fingerprint density at radius 2 is 2.24 bits per heavy atom. The highest BCUT2D eigenvalue weighted by Gasteiger charge is 2.24. The first-order valence-corrected chi connectivity index (χ1v) is 9.36. The Bertz CT molecular complexity index is 743. The summed E-state index contributed by atoms with van der Waals surface area (Å²) in [6.07, 6.45) is 3.66. The van der Waals surface area contributed by atoms with Gasteiger partial charge in [0.25, 0.3) is 0 Å². The second-order valence-corrected chi connectivity index (χ2v) is 7.05. The Hall–Kier alpha value is -2.34. The summed E-state index contributed by atoms with van der Waals surface area (Å²) in [6.45, 7) is 0.712. The Kier molecular flexibility index (Phi) is 5.71. The molecule has 0 bridgehead atoms. The van der Waals surface area contributed by atoms with Crippen LogP contribution < -0.4 is 15.0 Å². The van der Waals surface area contributed by atoms with Gasteiger partial charge in [-0.1, -0.05) is 6.07 Å². The van der Waals surface area contributed by atoms with E-state index >= 15 is 0 Å². The molecule has 25 heavy (non-hydrogen) atoms. The normalized spacial score (nSPS) is 14.0. The Morgan fingerprint density at radius 3 is 2.92 bits per heavy atom. The van der Waals surface area contributed by atoms with Gasteiger partial charge in [0.1, 0.15) is 5.75 Å². The van der Waals surface area contributed by atoms with Gasteiger partial charge in [0.2, 0.25) is 11.8 Å². The lowest BCUT2D eigenvalue weighted by atomic mass is 10.2. The fourth-order valence-electron chi connectivity index (χ4n) is 2.98. The number of amides is 2. The number of carbonyl (C=O) groups excluding carboxylic acids is 2. The molecule has 1 aromatic carbocycles. The number of aryl methyl sites for hydroxylation is 1. The molecule has 6 heteroatoms. The number of benzene rings is 1. The summed E-state index contributed by atoms with van der Waals surface area (Å²) in [5.74, 6) is 0.707. The number of thiophene rings is 1. The summed E-state index contributed by atoms with van der Waals surface area (Å²) in [7, 11) is 1.58. The van der Waals surface area contributed by atoms with Crippen molar-refractivity contribution < 1.29 is 14.3 Å². The number of hydrogen-bond donors (Lipinski definition) is 1. The molecular weight excluding hydrogens is 336 g/mol. The molecule has 2 heterocycles. The fourth-order valence-corrected chi connectivity index (χ4v) is 3.73. The third kappa shape index (κ3) is 4.39. The van der Waals surface area contributed by atoms with Crippen molar-refractivity contribution in [2.45, 2.75) is 32.1 Å². The molecule has 1 fully saturated rings. The molecule has 0 unspecified atom stereocenters. The van der Waals surface area contributed by atoms with Gasteiger partial charge in [-0.25, -0.2) is 0 Å². The van der Waals surface area contributed by atoms with Crippen LogP contribution in [0.4, 0.5) is 11.4 Å². The van der Waals surface area contributed by atoms with Crippen molar-refractivity contribution in [1.29, 1.82) is 0 Å². The van der Waals surface area contributed by atoms with Crippen molar-refractivity contribution >= 4 is 34.5 Å². The maximum atomic E-state index is 12.1. The summed E-state index contributed by atoms with van der Waals surface area (Å²) in [5.41, 5.74) is 1.45. The third-order valence-electron chi connectivity index (χ3n) is 4.23. The molecule has 0 radical (unpaired) electrons. The summed E-state index contributed by atoms with van der Waals surface area (Å²) >= 11 is 1.72. The zero-order valence-electron chi connectivity index (χ0n) is 14.3. The van der Waals surface area contributed by atoms with Crippen molar-refractivity contribution in [1.82, 2.24) is 0 Å². The predicted molar refractivity (Wildman–Crippen MR) is 100 cm³/mol. The van der Waals surface area contributed by atoms with Crippen LogP contribution >= 0.6 is 11.3 Å². The van der Waals surface area contributed by atoms with E-state index < -0.39 is 0 Å². The fraction of sp³-hybridized carbons (Fsp3) is 0.368. The van der Waals surface area contributed by atoms with E-state index in [0.717, 1.165) is 24.9 Å². The van der Waals surface area contributed by atoms with Crippen LogP contribution in [0, 0.1) is 0 Å². The van der Waals surface area contributed by atoms with Crippen LogP contribution in [0.5, 0.6) is 5.75 Å². The van der Waals surface area contributed by atoms with Gasteiger partial charge < -0.3 is 15.0 Å². The van der Waals surface area contributed by atoms with Crippen molar-refractivity contribution in [3.8, 4) is 5.75 Å².